The number of para-hydroxylation sites is 1. The molecule has 3 N–H and O–H groups in total. The van der Waals surface area contributed by atoms with E-state index in [-0.39, 0.29) is 6.61 Å². The molecule has 0 saturated carbocycles. The van der Waals surface area contributed by atoms with E-state index in [2.05, 4.69) is 5.32 Å². The summed E-state index contributed by atoms with van der Waals surface area (Å²) in [5, 5.41) is 23.2. The van der Waals surface area contributed by atoms with Gasteiger partial charge in [0.25, 0.3) is 0 Å². The van der Waals surface area contributed by atoms with Gasteiger partial charge in [-0.25, -0.2) is 0 Å². The Hall–Kier alpha value is -1.10. The predicted octanol–water partition coefficient (Wildman–Crippen LogP) is 2.18. The highest BCUT2D eigenvalue weighted by atomic mass is 16.5. The number of nitrogens with one attached hydrogen (secondary N) is 1. The molecule has 120 valence electrons. The molecule has 0 radical (unpaired) electrons. The van der Waals surface area contributed by atoms with E-state index < -0.39 is 11.7 Å². The lowest BCUT2D eigenvalue weighted by atomic mass is 9.97. The Morgan fingerprint density at radius 1 is 1.19 bits per heavy atom. The molecule has 0 amide bonds. The van der Waals surface area contributed by atoms with Crippen LogP contribution >= 0.6 is 0 Å². The zero-order chi connectivity index (χ0) is 15.9. The van der Waals surface area contributed by atoms with Crippen LogP contribution in [0.4, 0.5) is 0 Å². The Labute approximate surface area is 128 Å². The van der Waals surface area contributed by atoms with Crippen molar-refractivity contribution in [3.8, 4) is 5.75 Å². The number of hydrogen-bond acceptors (Lipinski definition) is 4. The lowest BCUT2D eigenvalue weighted by Crippen LogP contribution is -2.43. The van der Waals surface area contributed by atoms with Gasteiger partial charge in [0, 0.05) is 13.1 Å². The highest BCUT2D eigenvalue weighted by molar-refractivity contribution is 5.39. The SMILES string of the molecule is CCC(O)(CC)CNCC(O)COc1c(C)cccc1C. The minimum absolute atomic E-state index is 0.245. The molecule has 1 unspecified atom stereocenters. The van der Waals surface area contributed by atoms with Gasteiger partial charge in [-0.05, 0) is 37.8 Å². The summed E-state index contributed by atoms with van der Waals surface area (Å²) in [7, 11) is 0. The van der Waals surface area contributed by atoms with Crippen LogP contribution in [-0.2, 0) is 0 Å². The molecule has 1 aromatic rings. The smallest absolute Gasteiger partial charge is 0.125 e. The molecule has 0 aliphatic heterocycles. The summed E-state index contributed by atoms with van der Waals surface area (Å²) in [4.78, 5) is 0. The Kier molecular flexibility index (Phi) is 7.15. The van der Waals surface area contributed by atoms with Gasteiger partial charge in [0.1, 0.15) is 18.5 Å². The van der Waals surface area contributed by atoms with Crippen molar-refractivity contribution >= 4 is 0 Å². The van der Waals surface area contributed by atoms with Crippen LogP contribution in [0, 0.1) is 13.8 Å². The van der Waals surface area contributed by atoms with Crippen molar-refractivity contribution in [3.63, 3.8) is 0 Å². The minimum atomic E-state index is -0.687. The number of rotatable bonds is 9. The van der Waals surface area contributed by atoms with Crippen LogP contribution in [0.2, 0.25) is 0 Å². The molecule has 0 aromatic heterocycles. The zero-order valence-electron chi connectivity index (χ0n) is 13.6. The third kappa shape index (κ3) is 5.65. The first-order valence-corrected chi connectivity index (χ1v) is 7.72. The van der Waals surface area contributed by atoms with Gasteiger partial charge in [0.05, 0.1) is 5.60 Å². The summed E-state index contributed by atoms with van der Waals surface area (Å²) in [6.07, 6.45) is 0.804. The molecule has 0 fully saturated rings. The van der Waals surface area contributed by atoms with Crippen LogP contribution < -0.4 is 10.1 Å². The first-order chi connectivity index (χ1) is 9.91. The number of hydrogen-bond donors (Lipinski definition) is 3. The van der Waals surface area contributed by atoms with E-state index in [1.165, 1.54) is 0 Å². The van der Waals surface area contributed by atoms with Gasteiger partial charge in [0.2, 0.25) is 0 Å². The molecule has 0 bridgehead atoms. The van der Waals surface area contributed by atoms with Crippen molar-refractivity contribution in [2.75, 3.05) is 19.7 Å². The summed E-state index contributed by atoms with van der Waals surface area (Å²) in [5.41, 5.74) is 1.45. The van der Waals surface area contributed by atoms with Crippen molar-refractivity contribution in [2.45, 2.75) is 52.2 Å². The van der Waals surface area contributed by atoms with Gasteiger partial charge in [0.15, 0.2) is 0 Å². The van der Waals surface area contributed by atoms with E-state index in [1.807, 2.05) is 45.9 Å². The van der Waals surface area contributed by atoms with Crippen molar-refractivity contribution in [1.82, 2.24) is 5.32 Å². The Bertz CT molecular complexity index is 410. The maximum Gasteiger partial charge on any atom is 0.125 e. The first-order valence-electron chi connectivity index (χ1n) is 7.72. The average Bonchev–Trinajstić information content (AvgIpc) is 2.46. The van der Waals surface area contributed by atoms with Crippen molar-refractivity contribution < 1.29 is 14.9 Å². The summed E-state index contributed by atoms with van der Waals surface area (Å²) in [6, 6.07) is 5.98. The molecule has 1 aromatic carbocycles. The van der Waals surface area contributed by atoms with Gasteiger partial charge in [-0.3, -0.25) is 0 Å². The third-order valence-corrected chi connectivity index (χ3v) is 3.98. The van der Waals surface area contributed by atoms with Gasteiger partial charge in [-0.2, -0.15) is 0 Å². The van der Waals surface area contributed by atoms with E-state index in [1.54, 1.807) is 0 Å². The Morgan fingerprint density at radius 2 is 1.76 bits per heavy atom. The highest BCUT2D eigenvalue weighted by Crippen LogP contribution is 2.22. The predicted molar refractivity (Wildman–Crippen MR) is 85.8 cm³/mol. The number of aryl methyl sites for hydroxylation is 2. The van der Waals surface area contributed by atoms with Gasteiger partial charge in [-0.15, -0.1) is 0 Å². The van der Waals surface area contributed by atoms with Crippen molar-refractivity contribution in [3.05, 3.63) is 29.3 Å². The lowest BCUT2D eigenvalue weighted by molar-refractivity contribution is 0.0270. The fourth-order valence-electron chi connectivity index (χ4n) is 2.24. The largest absolute Gasteiger partial charge is 0.490 e. The Balaban J connectivity index is 2.36. The van der Waals surface area contributed by atoms with Gasteiger partial charge >= 0.3 is 0 Å². The summed E-state index contributed by atoms with van der Waals surface area (Å²) >= 11 is 0. The number of ether oxygens (including phenoxy) is 1. The first kappa shape index (κ1) is 18.0. The second-order valence-electron chi connectivity index (χ2n) is 5.75. The Morgan fingerprint density at radius 3 is 2.29 bits per heavy atom. The number of benzene rings is 1. The third-order valence-electron chi connectivity index (χ3n) is 3.98. The topological polar surface area (TPSA) is 61.7 Å². The van der Waals surface area contributed by atoms with Crippen molar-refractivity contribution in [1.29, 1.82) is 0 Å². The molecule has 0 spiro atoms. The van der Waals surface area contributed by atoms with Crippen LogP contribution in [0.25, 0.3) is 0 Å². The second kappa shape index (κ2) is 8.37. The van der Waals surface area contributed by atoms with Crippen LogP contribution in [0.1, 0.15) is 37.8 Å². The quantitative estimate of drug-likeness (QED) is 0.653. The maximum atomic E-state index is 10.1. The fraction of sp³-hybridized carbons (Fsp3) is 0.647. The summed E-state index contributed by atoms with van der Waals surface area (Å²) < 4.78 is 5.71. The zero-order valence-corrected chi connectivity index (χ0v) is 13.6. The lowest BCUT2D eigenvalue weighted by Gasteiger charge is -2.26. The molecular formula is C17H29NO3. The highest BCUT2D eigenvalue weighted by Gasteiger charge is 2.21. The monoisotopic (exact) mass is 295 g/mol. The van der Waals surface area contributed by atoms with Gasteiger partial charge in [-0.1, -0.05) is 32.0 Å². The minimum Gasteiger partial charge on any atom is -0.490 e. The molecular weight excluding hydrogens is 266 g/mol. The van der Waals surface area contributed by atoms with Crippen LogP contribution in [-0.4, -0.2) is 41.6 Å². The van der Waals surface area contributed by atoms with Crippen LogP contribution in [0.5, 0.6) is 5.75 Å². The van der Waals surface area contributed by atoms with Crippen LogP contribution in [0.3, 0.4) is 0 Å². The summed E-state index contributed by atoms with van der Waals surface area (Å²) in [6.45, 7) is 9.06. The molecule has 4 nitrogen and oxygen atoms in total. The normalized spacial score (nSPS) is 13.2. The molecule has 1 atom stereocenters. The molecule has 1 rings (SSSR count). The standard InChI is InChI=1S/C17H29NO3/c1-5-17(20,6-2)12-18-10-15(19)11-21-16-13(3)8-7-9-14(16)4/h7-9,15,18-20H,5-6,10-12H2,1-4H3. The fourth-order valence-corrected chi connectivity index (χ4v) is 2.24. The van der Waals surface area contributed by atoms with Crippen LogP contribution in [0.15, 0.2) is 18.2 Å². The second-order valence-corrected chi connectivity index (χ2v) is 5.75. The molecule has 0 aliphatic carbocycles. The van der Waals surface area contributed by atoms with E-state index in [9.17, 15) is 10.2 Å². The van der Waals surface area contributed by atoms with E-state index >= 15 is 0 Å². The molecule has 0 saturated heterocycles. The average molecular weight is 295 g/mol. The molecule has 0 aliphatic rings. The maximum absolute atomic E-state index is 10.1. The molecule has 21 heavy (non-hydrogen) atoms. The van der Waals surface area contributed by atoms with Gasteiger partial charge < -0.3 is 20.3 Å². The van der Waals surface area contributed by atoms with E-state index in [0.29, 0.717) is 25.9 Å². The van der Waals surface area contributed by atoms with E-state index in [0.717, 1.165) is 16.9 Å². The molecule has 0 heterocycles. The van der Waals surface area contributed by atoms with Crippen molar-refractivity contribution in [2.24, 2.45) is 0 Å². The summed E-state index contributed by atoms with van der Waals surface area (Å²) in [5.74, 6) is 0.843. The molecule has 4 heteroatoms. The number of aliphatic hydroxyl groups excluding tert-OH is 1. The number of aliphatic hydroxyl groups is 2. The van der Waals surface area contributed by atoms with E-state index in [4.69, 9.17) is 4.74 Å².